The lowest BCUT2D eigenvalue weighted by atomic mass is 9.92. The number of halogens is 1. The molecule has 0 aliphatic rings. The Kier molecular flexibility index (Phi) is 4.22. The third kappa shape index (κ3) is 3.15. The van der Waals surface area contributed by atoms with Crippen LogP contribution in [0.5, 0.6) is 5.75 Å². The molecule has 0 saturated heterocycles. The van der Waals surface area contributed by atoms with Crippen LogP contribution >= 0.6 is 11.6 Å². The lowest BCUT2D eigenvalue weighted by molar-refractivity contribution is -0.119. The second-order valence-electron chi connectivity index (χ2n) is 5.40. The van der Waals surface area contributed by atoms with Crippen LogP contribution in [0.3, 0.4) is 0 Å². The number of hydrogen-bond acceptors (Lipinski definition) is 2. The van der Waals surface area contributed by atoms with Gasteiger partial charge in [-0.1, -0.05) is 54.1 Å². The van der Waals surface area contributed by atoms with Gasteiger partial charge in [-0.15, -0.1) is 0 Å². The molecule has 0 unspecified atom stereocenters. The highest BCUT2D eigenvalue weighted by Gasteiger charge is 2.21. The molecule has 4 heteroatoms. The van der Waals surface area contributed by atoms with Crippen molar-refractivity contribution in [2.24, 2.45) is 0 Å². The molecule has 3 aromatic carbocycles. The largest absolute Gasteiger partial charge is 0.508 e. The summed E-state index contributed by atoms with van der Waals surface area (Å²) in [5.41, 5.74) is 1.54. The molecule has 0 aliphatic carbocycles. The van der Waals surface area contributed by atoms with Crippen LogP contribution in [-0.2, 0) is 4.79 Å². The van der Waals surface area contributed by atoms with Gasteiger partial charge in [-0.2, -0.15) is 0 Å². The minimum absolute atomic E-state index is 0.150. The molecule has 116 valence electrons. The van der Waals surface area contributed by atoms with Crippen molar-refractivity contribution >= 4 is 28.3 Å². The number of benzene rings is 3. The summed E-state index contributed by atoms with van der Waals surface area (Å²) in [4.78, 5) is 11.7. The van der Waals surface area contributed by atoms with E-state index >= 15 is 0 Å². The van der Waals surface area contributed by atoms with E-state index in [4.69, 9.17) is 11.6 Å². The Morgan fingerprint density at radius 1 is 1.04 bits per heavy atom. The van der Waals surface area contributed by atoms with Gasteiger partial charge in [0, 0.05) is 17.5 Å². The van der Waals surface area contributed by atoms with Gasteiger partial charge in [-0.3, -0.25) is 4.79 Å². The Bertz CT molecular complexity index is 859. The van der Waals surface area contributed by atoms with Crippen molar-refractivity contribution in [1.29, 1.82) is 0 Å². The Morgan fingerprint density at radius 2 is 1.74 bits per heavy atom. The predicted octanol–water partition coefficient (Wildman–Crippen LogP) is 4.42. The molecule has 0 aliphatic heterocycles. The summed E-state index contributed by atoms with van der Waals surface area (Å²) in [7, 11) is 0. The van der Waals surface area contributed by atoms with Crippen molar-refractivity contribution in [2.45, 2.75) is 13.0 Å². The van der Waals surface area contributed by atoms with E-state index in [0.29, 0.717) is 10.6 Å². The van der Waals surface area contributed by atoms with Gasteiger partial charge in [0.15, 0.2) is 0 Å². The number of carbonyl (C=O) groups excluding carboxylic acids is 1. The minimum atomic E-state index is -0.448. The first-order valence-corrected chi connectivity index (χ1v) is 7.67. The molecule has 3 nitrogen and oxygen atoms in total. The highest BCUT2D eigenvalue weighted by atomic mass is 35.5. The Morgan fingerprint density at radius 3 is 2.43 bits per heavy atom. The van der Waals surface area contributed by atoms with E-state index in [1.54, 1.807) is 18.2 Å². The molecule has 0 radical (unpaired) electrons. The maximum Gasteiger partial charge on any atom is 0.217 e. The molecule has 0 fully saturated rings. The summed E-state index contributed by atoms with van der Waals surface area (Å²) in [5.74, 6) is -0.0188. The molecule has 3 aromatic rings. The molecular formula is C19H16ClNO2. The van der Waals surface area contributed by atoms with E-state index in [2.05, 4.69) is 5.32 Å². The smallest absolute Gasteiger partial charge is 0.217 e. The number of aromatic hydroxyl groups is 1. The zero-order valence-corrected chi connectivity index (χ0v) is 13.3. The first-order valence-electron chi connectivity index (χ1n) is 7.29. The molecule has 1 atom stereocenters. The first kappa shape index (κ1) is 15.4. The van der Waals surface area contributed by atoms with E-state index < -0.39 is 6.04 Å². The van der Waals surface area contributed by atoms with E-state index in [1.165, 1.54) is 6.92 Å². The average Bonchev–Trinajstić information content (AvgIpc) is 2.54. The van der Waals surface area contributed by atoms with Crippen LogP contribution < -0.4 is 5.32 Å². The predicted molar refractivity (Wildman–Crippen MR) is 92.7 cm³/mol. The number of hydrogen-bond donors (Lipinski definition) is 2. The van der Waals surface area contributed by atoms with Gasteiger partial charge in [-0.05, 0) is 34.5 Å². The fourth-order valence-corrected chi connectivity index (χ4v) is 2.89. The van der Waals surface area contributed by atoms with Crippen molar-refractivity contribution in [1.82, 2.24) is 5.32 Å². The standard InChI is InChI=1S/C19H16ClNO2/c1-12(22)21-19(14-6-9-15(20)10-7-14)18-16-5-3-2-4-13(16)8-11-17(18)23/h2-11,19,23H,1H3,(H,21,22)/t19-/m1/s1. The minimum Gasteiger partial charge on any atom is -0.508 e. The van der Waals surface area contributed by atoms with Gasteiger partial charge < -0.3 is 10.4 Å². The summed E-state index contributed by atoms with van der Waals surface area (Å²) in [5, 5.41) is 15.9. The number of phenols is 1. The van der Waals surface area contributed by atoms with Crippen molar-refractivity contribution < 1.29 is 9.90 Å². The second-order valence-corrected chi connectivity index (χ2v) is 5.84. The average molecular weight is 326 g/mol. The van der Waals surface area contributed by atoms with Crippen LogP contribution in [0.2, 0.25) is 5.02 Å². The Balaban J connectivity index is 2.22. The fourth-order valence-electron chi connectivity index (χ4n) is 2.77. The van der Waals surface area contributed by atoms with Crippen LogP contribution in [0.25, 0.3) is 10.8 Å². The topological polar surface area (TPSA) is 49.3 Å². The van der Waals surface area contributed by atoms with Crippen molar-refractivity contribution in [3.8, 4) is 5.75 Å². The van der Waals surface area contributed by atoms with Crippen LogP contribution in [0.1, 0.15) is 24.1 Å². The van der Waals surface area contributed by atoms with Gasteiger partial charge in [-0.25, -0.2) is 0 Å². The third-order valence-electron chi connectivity index (χ3n) is 3.79. The van der Waals surface area contributed by atoms with Crippen LogP contribution in [0.4, 0.5) is 0 Å². The van der Waals surface area contributed by atoms with E-state index in [0.717, 1.165) is 16.3 Å². The SMILES string of the molecule is CC(=O)N[C@H](c1ccc(Cl)cc1)c1c(O)ccc2ccccc12. The molecule has 23 heavy (non-hydrogen) atoms. The number of nitrogens with one attached hydrogen (secondary N) is 1. The lowest BCUT2D eigenvalue weighted by Crippen LogP contribution is -2.27. The normalized spacial score (nSPS) is 12.1. The maximum absolute atomic E-state index is 11.7. The number of phenolic OH excluding ortho intramolecular Hbond substituents is 1. The molecule has 1 amide bonds. The number of carbonyl (C=O) groups is 1. The maximum atomic E-state index is 11.7. The number of rotatable bonds is 3. The second kappa shape index (κ2) is 6.31. The van der Waals surface area contributed by atoms with Crippen molar-refractivity contribution in [3.63, 3.8) is 0 Å². The van der Waals surface area contributed by atoms with Crippen molar-refractivity contribution in [2.75, 3.05) is 0 Å². The monoisotopic (exact) mass is 325 g/mol. The molecule has 0 spiro atoms. The van der Waals surface area contributed by atoms with E-state index in [9.17, 15) is 9.90 Å². The summed E-state index contributed by atoms with van der Waals surface area (Å²) in [6.07, 6.45) is 0. The zero-order valence-electron chi connectivity index (χ0n) is 12.6. The van der Waals surface area contributed by atoms with Gasteiger partial charge in [0.05, 0.1) is 6.04 Å². The van der Waals surface area contributed by atoms with Gasteiger partial charge in [0.2, 0.25) is 5.91 Å². The van der Waals surface area contributed by atoms with E-state index in [-0.39, 0.29) is 11.7 Å². The fraction of sp³-hybridized carbons (Fsp3) is 0.105. The molecule has 0 aromatic heterocycles. The summed E-state index contributed by atoms with van der Waals surface area (Å²) in [6, 6.07) is 18.1. The zero-order chi connectivity index (χ0) is 16.4. The van der Waals surface area contributed by atoms with Crippen molar-refractivity contribution in [3.05, 3.63) is 76.8 Å². The summed E-state index contributed by atoms with van der Waals surface area (Å²) < 4.78 is 0. The van der Waals surface area contributed by atoms with Gasteiger partial charge in [0.25, 0.3) is 0 Å². The summed E-state index contributed by atoms with van der Waals surface area (Å²) in [6.45, 7) is 1.46. The first-order chi connectivity index (χ1) is 11.1. The highest BCUT2D eigenvalue weighted by Crippen LogP contribution is 2.36. The Hall–Kier alpha value is -2.52. The third-order valence-corrected chi connectivity index (χ3v) is 4.04. The molecule has 0 heterocycles. The highest BCUT2D eigenvalue weighted by molar-refractivity contribution is 6.30. The molecule has 2 N–H and O–H groups in total. The van der Waals surface area contributed by atoms with Crippen LogP contribution in [0.15, 0.2) is 60.7 Å². The lowest BCUT2D eigenvalue weighted by Gasteiger charge is -2.22. The summed E-state index contributed by atoms with van der Waals surface area (Å²) >= 11 is 5.96. The molecular weight excluding hydrogens is 310 g/mol. The van der Waals surface area contributed by atoms with Gasteiger partial charge >= 0.3 is 0 Å². The number of fused-ring (bicyclic) bond motifs is 1. The number of amides is 1. The molecule has 0 bridgehead atoms. The Labute approximate surface area is 139 Å². The molecule has 3 rings (SSSR count). The van der Waals surface area contributed by atoms with E-state index in [1.807, 2.05) is 42.5 Å². The van der Waals surface area contributed by atoms with Crippen LogP contribution in [0, 0.1) is 0 Å². The van der Waals surface area contributed by atoms with Crippen LogP contribution in [-0.4, -0.2) is 11.0 Å². The quantitative estimate of drug-likeness (QED) is 0.748. The van der Waals surface area contributed by atoms with Gasteiger partial charge in [0.1, 0.15) is 5.75 Å². The molecule has 0 saturated carbocycles.